The summed E-state index contributed by atoms with van der Waals surface area (Å²) in [4.78, 5) is 26.8. The molecule has 0 saturated carbocycles. The monoisotopic (exact) mass is 354 g/mol. The Balaban J connectivity index is 1.71. The Bertz CT molecular complexity index is 786. The molecule has 2 aromatic rings. The van der Waals surface area contributed by atoms with E-state index in [-0.39, 0.29) is 17.9 Å². The molecule has 1 N–H and O–H groups in total. The lowest BCUT2D eigenvalue weighted by Gasteiger charge is -2.20. The molecule has 2 atom stereocenters. The molecule has 2 aromatic carbocycles. The molecule has 0 aliphatic carbocycles. The van der Waals surface area contributed by atoms with E-state index < -0.39 is 5.92 Å². The Kier molecular flexibility index (Phi) is 5.11. The number of rotatable bonds is 5. The first kappa shape index (κ1) is 17.8. The number of carbonyl (C=O) groups is 2. The molecule has 1 saturated heterocycles. The molecule has 2 unspecified atom stereocenters. The van der Waals surface area contributed by atoms with Crippen LogP contribution in [0.15, 0.2) is 48.5 Å². The molecular formula is C20H22N2O4. The van der Waals surface area contributed by atoms with E-state index in [0.29, 0.717) is 17.9 Å². The number of carbonyl (C=O) groups excluding carboxylic acids is 2. The van der Waals surface area contributed by atoms with Crippen LogP contribution >= 0.6 is 0 Å². The predicted molar refractivity (Wildman–Crippen MR) is 98.2 cm³/mol. The summed E-state index contributed by atoms with van der Waals surface area (Å²) in [7, 11) is 4.93. The van der Waals surface area contributed by atoms with Crippen molar-refractivity contribution in [1.29, 1.82) is 0 Å². The largest absolute Gasteiger partial charge is 0.497 e. The third kappa shape index (κ3) is 3.49. The fraction of sp³-hybridized carbons (Fsp3) is 0.300. The van der Waals surface area contributed by atoms with Crippen LogP contribution in [0.25, 0.3) is 0 Å². The molecule has 2 amide bonds. The maximum absolute atomic E-state index is 12.6. The second kappa shape index (κ2) is 7.47. The zero-order valence-corrected chi connectivity index (χ0v) is 15.1. The zero-order valence-electron chi connectivity index (χ0n) is 15.1. The maximum Gasteiger partial charge on any atom is 0.237 e. The highest BCUT2D eigenvalue weighted by atomic mass is 16.5. The molecule has 6 nitrogen and oxygen atoms in total. The quantitative estimate of drug-likeness (QED) is 0.839. The standard InChI is InChI=1S/C20H22N2O4/c1-22-18(13-4-8-15(25-2)9-5-13)12-17(20(22)24)19(23)21-14-6-10-16(26-3)11-7-14/h4-11,17-18H,12H2,1-3H3,(H,21,23). The summed E-state index contributed by atoms with van der Waals surface area (Å²) in [5, 5.41) is 2.81. The Morgan fingerprint density at radius 2 is 1.54 bits per heavy atom. The normalized spacial score (nSPS) is 19.3. The Morgan fingerprint density at radius 3 is 2.08 bits per heavy atom. The molecule has 0 radical (unpaired) electrons. The van der Waals surface area contributed by atoms with E-state index in [2.05, 4.69) is 5.32 Å². The number of nitrogens with one attached hydrogen (secondary N) is 1. The van der Waals surface area contributed by atoms with E-state index in [1.54, 1.807) is 50.4 Å². The van der Waals surface area contributed by atoms with Gasteiger partial charge in [-0.1, -0.05) is 12.1 Å². The van der Waals surface area contributed by atoms with Crippen LogP contribution in [0.2, 0.25) is 0 Å². The molecule has 1 fully saturated rings. The Hall–Kier alpha value is -3.02. The topological polar surface area (TPSA) is 67.9 Å². The zero-order chi connectivity index (χ0) is 18.7. The second-order valence-corrected chi connectivity index (χ2v) is 6.24. The van der Waals surface area contributed by atoms with Gasteiger partial charge < -0.3 is 19.7 Å². The van der Waals surface area contributed by atoms with Gasteiger partial charge in [0.05, 0.1) is 20.3 Å². The van der Waals surface area contributed by atoms with Crippen LogP contribution in [0.4, 0.5) is 5.69 Å². The van der Waals surface area contributed by atoms with Gasteiger partial charge in [-0.2, -0.15) is 0 Å². The van der Waals surface area contributed by atoms with E-state index in [1.807, 2.05) is 24.3 Å². The van der Waals surface area contributed by atoms with Crippen LogP contribution in [0.1, 0.15) is 18.0 Å². The lowest BCUT2D eigenvalue weighted by molar-refractivity contribution is -0.135. The maximum atomic E-state index is 12.6. The summed E-state index contributed by atoms with van der Waals surface area (Å²) < 4.78 is 10.3. The molecule has 6 heteroatoms. The molecule has 136 valence electrons. The van der Waals surface area contributed by atoms with Crippen molar-refractivity contribution in [2.24, 2.45) is 5.92 Å². The van der Waals surface area contributed by atoms with Crippen LogP contribution in [0, 0.1) is 5.92 Å². The highest BCUT2D eigenvalue weighted by Crippen LogP contribution is 2.36. The van der Waals surface area contributed by atoms with Crippen molar-refractivity contribution in [1.82, 2.24) is 4.90 Å². The number of anilines is 1. The van der Waals surface area contributed by atoms with Crippen LogP contribution in [0.5, 0.6) is 11.5 Å². The van der Waals surface area contributed by atoms with Gasteiger partial charge >= 0.3 is 0 Å². The average molecular weight is 354 g/mol. The highest BCUT2D eigenvalue weighted by molar-refractivity contribution is 6.07. The highest BCUT2D eigenvalue weighted by Gasteiger charge is 2.42. The van der Waals surface area contributed by atoms with Crippen molar-refractivity contribution in [3.8, 4) is 11.5 Å². The van der Waals surface area contributed by atoms with Gasteiger partial charge in [0.15, 0.2) is 0 Å². The average Bonchev–Trinajstić information content (AvgIpc) is 2.97. The van der Waals surface area contributed by atoms with Gasteiger partial charge in [-0.3, -0.25) is 9.59 Å². The summed E-state index contributed by atoms with van der Waals surface area (Å²) in [6.07, 6.45) is 0.448. The van der Waals surface area contributed by atoms with Crippen molar-refractivity contribution in [2.75, 3.05) is 26.6 Å². The lowest BCUT2D eigenvalue weighted by atomic mass is 9.99. The number of nitrogens with zero attached hydrogens (tertiary/aromatic N) is 1. The Labute approximate surface area is 152 Å². The van der Waals surface area contributed by atoms with Gasteiger partial charge in [0.2, 0.25) is 11.8 Å². The van der Waals surface area contributed by atoms with Crippen LogP contribution < -0.4 is 14.8 Å². The summed E-state index contributed by atoms with van der Waals surface area (Å²) in [5.41, 5.74) is 1.63. The van der Waals surface area contributed by atoms with Gasteiger partial charge in [-0.15, -0.1) is 0 Å². The lowest BCUT2D eigenvalue weighted by Crippen LogP contribution is -2.31. The minimum Gasteiger partial charge on any atom is -0.497 e. The number of likely N-dealkylation sites (tertiary alicyclic amines) is 1. The van der Waals surface area contributed by atoms with Crippen molar-refractivity contribution < 1.29 is 19.1 Å². The molecule has 3 rings (SSSR count). The SMILES string of the molecule is COc1ccc(NC(=O)C2CC(c3ccc(OC)cc3)N(C)C2=O)cc1. The number of ether oxygens (including phenoxy) is 2. The van der Waals surface area contributed by atoms with Crippen molar-refractivity contribution in [2.45, 2.75) is 12.5 Å². The molecule has 1 aliphatic heterocycles. The van der Waals surface area contributed by atoms with Gasteiger partial charge in [0, 0.05) is 12.7 Å². The first-order valence-corrected chi connectivity index (χ1v) is 8.39. The number of methoxy groups -OCH3 is 2. The first-order valence-electron chi connectivity index (χ1n) is 8.39. The number of benzene rings is 2. The molecule has 0 aromatic heterocycles. The fourth-order valence-corrected chi connectivity index (χ4v) is 3.19. The van der Waals surface area contributed by atoms with E-state index in [9.17, 15) is 9.59 Å². The van der Waals surface area contributed by atoms with E-state index in [4.69, 9.17) is 9.47 Å². The summed E-state index contributed by atoms with van der Waals surface area (Å²) >= 11 is 0. The van der Waals surface area contributed by atoms with Crippen LogP contribution in [0.3, 0.4) is 0 Å². The first-order chi connectivity index (χ1) is 12.5. The third-order valence-corrected chi connectivity index (χ3v) is 4.75. The second-order valence-electron chi connectivity index (χ2n) is 6.24. The fourth-order valence-electron chi connectivity index (χ4n) is 3.19. The van der Waals surface area contributed by atoms with Gasteiger partial charge in [-0.05, 0) is 48.4 Å². The van der Waals surface area contributed by atoms with Gasteiger partial charge in [-0.25, -0.2) is 0 Å². The summed E-state index contributed by atoms with van der Waals surface area (Å²) in [6.45, 7) is 0. The van der Waals surface area contributed by atoms with Crippen LogP contribution in [-0.2, 0) is 9.59 Å². The van der Waals surface area contributed by atoms with E-state index >= 15 is 0 Å². The van der Waals surface area contributed by atoms with Gasteiger partial charge in [0.25, 0.3) is 0 Å². The minimum atomic E-state index is -0.700. The Morgan fingerprint density at radius 1 is 1.00 bits per heavy atom. The molecule has 26 heavy (non-hydrogen) atoms. The predicted octanol–water partition coefficient (Wildman–Crippen LogP) is 2.86. The van der Waals surface area contributed by atoms with E-state index in [0.717, 1.165) is 11.3 Å². The van der Waals surface area contributed by atoms with Crippen molar-refractivity contribution in [3.05, 3.63) is 54.1 Å². The van der Waals surface area contributed by atoms with E-state index in [1.165, 1.54) is 0 Å². The molecular weight excluding hydrogens is 332 g/mol. The summed E-state index contributed by atoms with van der Waals surface area (Å²) in [5.74, 6) is 0.308. The van der Waals surface area contributed by atoms with Crippen molar-refractivity contribution >= 4 is 17.5 Å². The summed E-state index contributed by atoms with van der Waals surface area (Å²) in [6, 6.07) is 14.5. The van der Waals surface area contributed by atoms with Crippen LogP contribution in [-0.4, -0.2) is 38.0 Å². The number of hydrogen-bond acceptors (Lipinski definition) is 4. The number of amides is 2. The number of hydrogen-bond donors (Lipinski definition) is 1. The molecule has 0 spiro atoms. The molecule has 0 bridgehead atoms. The third-order valence-electron chi connectivity index (χ3n) is 4.75. The minimum absolute atomic E-state index is 0.125. The molecule has 1 heterocycles. The molecule has 1 aliphatic rings. The van der Waals surface area contributed by atoms with Gasteiger partial charge in [0.1, 0.15) is 17.4 Å². The van der Waals surface area contributed by atoms with Crippen molar-refractivity contribution in [3.63, 3.8) is 0 Å². The smallest absolute Gasteiger partial charge is 0.237 e.